The predicted octanol–water partition coefficient (Wildman–Crippen LogP) is 7.24. The van der Waals surface area contributed by atoms with Gasteiger partial charge in [-0.3, -0.25) is 4.79 Å². The summed E-state index contributed by atoms with van der Waals surface area (Å²) < 4.78 is 2.27. The molecule has 5 nitrogen and oxygen atoms in total. The fourth-order valence-electron chi connectivity index (χ4n) is 5.19. The van der Waals surface area contributed by atoms with E-state index in [1.54, 1.807) is 6.92 Å². The molecule has 1 fully saturated rings. The zero-order chi connectivity index (χ0) is 25.1. The maximum atomic E-state index is 11.4. The average molecular weight is 521 g/mol. The Hall–Kier alpha value is -2.86. The second-order valence-corrected chi connectivity index (χ2v) is 10.4. The van der Waals surface area contributed by atoms with E-state index >= 15 is 0 Å². The van der Waals surface area contributed by atoms with Crippen molar-refractivity contribution in [3.63, 3.8) is 0 Å². The summed E-state index contributed by atoms with van der Waals surface area (Å²) in [6.45, 7) is 5.59. The van der Waals surface area contributed by atoms with Gasteiger partial charge in [-0.25, -0.2) is 4.98 Å². The number of carbonyl (C=O) groups is 1. The maximum Gasteiger partial charge on any atom is 0.221 e. The quantitative estimate of drug-likeness (QED) is 0.279. The van der Waals surface area contributed by atoms with Crippen LogP contribution in [0.25, 0.3) is 22.4 Å². The van der Waals surface area contributed by atoms with Crippen molar-refractivity contribution in [3.8, 4) is 11.4 Å². The van der Waals surface area contributed by atoms with Gasteiger partial charge in [0.15, 0.2) is 0 Å². The standard InChI is InChI=1S/C29H30Cl2N4O/c1-20(36)32-26-8-3-5-22(18-26)21-11-15-34(16-12-21)13-4-14-35-28-19-25(31)9-10-27(28)33-29(35)23-6-2-7-24(30)17-23/h2-3,5-10,17-19,21H,4,11-16H2,1H3,(H,32,36). The second kappa shape index (κ2) is 11.0. The number of amides is 1. The van der Waals surface area contributed by atoms with Crippen LogP contribution in [0.4, 0.5) is 5.69 Å². The number of fused-ring (bicyclic) bond motifs is 1. The summed E-state index contributed by atoms with van der Waals surface area (Å²) in [5.41, 5.74) is 5.20. The van der Waals surface area contributed by atoms with Crippen molar-refractivity contribution in [1.29, 1.82) is 0 Å². The molecule has 1 aliphatic rings. The first kappa shape index (κ1) is 24.8. The number of piperidine rings is 1. The summed E-state index contributed by atoms with van der Waals surface area (Å²) >= 11 is 12.6. The highest BCUT2D eigenvalue weighted by molar-refractivity contribution is 6.31. The number of halogens is 2. The highest BCUT2D eigenvalue weighted by Gasteiger charge is 2.21. The highest BCUT2D eigenvalue weighted by atomic mass is 35.5. The van der Waals surface area contributed by atoms with Crippen LogP contribution in [-0.2, 0) is 11.3 Å². The van der Waals surface area contributed by atoms with Crippen molar-refractivity contribution in [2.75, 3.05) is 25.0 Å². The van der Waals surface area contributed by atoms with Gasteiger partial charge in [-0.15, -0.1) is 0 Å². The molecule has 1 N–H and O–H groups in total. The fraction of sp³-hybridized carbons (Fsp3) is 0.310. The summed E-state index contributed by atoms with van der Waals surface area (Å²) in [5.74, 6) is 1.42. The summed E-state index contributed by atoms with van der Waals surface area (Å²) in [6, 6.07) is 22.0. The number of rotatable bonds is 7. The third-order valence-corrected chi connectivity index (χ3v) is 7.39. The van der Waals surface area contributed by atoms with E-state index in [9.17, 15) is 4.79 Å². The van der Waals surface area contributed by atoms with Crippen LogP contribution in [0.15, 0.2) is 66.7 Å². The Bertz CT molecular complexity index is 1370. The van der Waals surface area contributed by atoms with E-state index in [4.69, 9.17) is 28.2 Å². The molecule has 0 spiro atoms. The molecule has 1 aromatic heterocycles. The highest BCUT2D eigenvalue weighted by Crippen LogP contribution is 2.31. The monoisotopic (exact) mass is 520 g/mol. The Morgan fingerprint density at radius 1 is 0.972 bits per heavy atom. The molecule has 0 unspecified atom stereocenters. The fourth-order valence-corrected chi connectivity index (χ4v) is 5.54. The number of hydrogen-bond acceptors (Lipinski definition) is 3. The van der Waals surface area contributed by atoms with Gasteiger partial charge in [0.2, 0.25) is 5.91 Å². The number of aryl methyl sites for hydroxylation is 1. The number of carbonyl (C=O) groups excluding carboxylic acids is 1. The summed E-state index contributed by atoms with van der Waals surface area (Å²) in [4.78, 5) is 18.9. The van der Waals surface area contributed by atoms with Gasteiger partial charge in [0.1, 0.15) is 5.82 Å². The molecule has 0 bridgehead atoms. The zero-order valence-electron chi connectivity index (χ0n) is 20.4. The first-order chi connectivity index (χ1) is 17.5. The van der Waals surface area contributed by atoms with Crippen molar-refractivity contribution in [2.45, 2.75) is 38.6 Å². The maximum absolute atomic E-state index is 11.4. The van der Waals surface area contributed by atoms with Crippen LogP contribution >= 0.6 is 23.2 Å². The lowest BCUT2D eigenvalue weighted by Gasteiger charge is -2.32. The molecule has 1 amide bonds. The third-order valence-electron chi connectivity index (χ3n) is 6.92. The first-order valence-corrected chi connectivity index (χ1v) is 13.2. The molecular formula is C29H30Cl2N4O. The van der Waals surface area contributed by atoms with E-state index in [2.05, 4.69) is 33.0 Å². The normalized spacial score (nSPS) is 14.9. The van der Waals surface area contributed by atoms with Gasteiger partial charge in [-0.05, 0) is 92.8 Å². The Balaban J connectivity index is 1.23. The molecule has 1 saturated heterocycles. The summed E-state index contributed by atoms with van der Waals surface area (Å²) in [6.07, 6.45) is 3.27. The Kier molecular flexibility index (Phi) is 7.61. The number of imidazole rings is 1. The number of aromatic nitrogens is 2. The van der Waals surface area contributed by atoms with Crippen molar-refractivity contribution >= 4 is 45.8 Å². The number of nitrogens with one attached hydrogen (secondary N) is 1. The van der Waals surface area contributed by atoms with Gasteiger partial charge in [0, 0.05) is 34.8 Å². The SMILES string of the molecule is CC(=O)Nc1cccc(C2CCN(CCCn3c(-c4cccc(Cl)c4)nc4ccc(Cl)cc43)CC2)c1. The molecule has 5 rings (SSSR count). The minimum atomic E-state index is -0.0339. The van der Waals surface area contributed by atoms with E-state index in [0.29, 0.717) is 16.0 Å². The van der Waals surface area contributed by atoms with Crippen LogP contribution in [0.2, 0.25) is 10.0 Å². The summed E-state index contributed by atoms with van der Waals surface area (Å²) in [7, 11) is 0. The van der Waals surface area contributed by atoms with Gasteiger partial charge in [-0.1, -0.05) is 47.5 Å². The van der Waals surface area contributed by atoms with Gasteiger partial charge < -0.3 is 14.8 Å². The van der Waals surface area contributed by atoms with E-state index in [0.717, 1.165) is 73.6 Å². The smallest absolute Gasteiger partial charge is 0.221 e. The van der Waals surface area contributed by atoms with Gasteiger partial charge in [0.05, 0.1) is 11.0 Å². The van der Waals surface area contributed by atoms with Gasteiger partial charge in [0.25, 0.3) is 0 Å². The van der Waals surface area contributed by atoms with Crippen molar-refractivity contribution in [3.05, 3.63) is 82.3 Å². The van der Waals surface area contributed by atoms with Crippen LogP contribution in [0.5, 0.6) is 0 Å². The van der Waals surface area contributed by atoms with Crippen LogP contribution in [0.3, 0.4) is 0 Å². The Morgan fingerprint density at radius 3 is 2.53 bits per heavy atom. The van der Waals surface area contributed by atoms with E-state index in [1.807, 2.05) is 48.5 Å². The lowest BCUT2D eigenvalue weighted by Crippen LogP contribution is -2.34. The molecule has 186 valence electrons. The zero-order valence-corrected chi connectivity index (χ0v) is 21.9. The topological polar surface area (TPSA) is 50.2 Å². The number of hydrogen-bond donors (Lipinski definition) is 1. The third kappa shape index (κ3) is 5.75. The van der Waals surface area contributed by atoms with Crippen LogP contribution < -0.4 is 5.32 Å². The molecule has 1 aliphatic heterocycles. The number of nitrogens with zero attached hydrogens (tertiary/aromatic N) is 3. The molecule has 0 atom stereocenters. The molecule has 0 aliphatic carbocycles. The van der Waals surface area contributed by atoms with E-state index in [1.165, 1.54) is 5.56 Å². The van der Waals surface area contributed by atoms with Crippen LogP contribution in [0, 0.1) is 0 Å². The van der Waals surface area contributed by atoms with Gasteiger partial charge >= 0.3 is 0 Å². The first-order valence-electron chi connectivity index (χ1n) is 12.5. The minimum absolute atomic E-state index is 0.0339. The van der Waals surface area contributed by atoms with E-state index < -0.39 is 0 Å². The molecule has 3 aromatic carbocycles. The number of benzene rings is 3. The van der Waals surface area contributed by atoms with E-state index in [-0.39, 0.29) is 5.91 Å². The number of anilines is 1. The predicted molar refractivity (Wildman–Crippen MR) is 149 cm³/mol. The molecular weight excluding hydrogens is 491 g/mol. The van der Waals surface area contributed by atoms with Crippen molar-refractivity contribution in [1.82, 2.24) is 14.5 Å². The lowest BCUT2D eigenvalue weighted by atomic mass is 9.89. The molecule has 7 heteroatoms. The minimum Gasteiger partial charge on any atom is -0.326 e. The average Bonchev–Trinajstić information content (AvgIpc) is 3.22. The molecule has 36 heavy (non-hydrogen) atoms. The van der Waals surface area contributed by atoms with Crippen molar-refractivity contribution in [2.24, 2.45) is 0 Å². The molecule has 2 heterocycles. The summed E-state index contributed by atoms with van der Waals surface area (Å²) in [5, 5.41) is 4.31. The Morgan fingerprint density at radius 2 is 1.75 bits per heavy atom. The molecule has 0 radical (unpaired) electrons. The lowest BCUT2D eigenvalue weighted by molar-refractivity contribution is -0.114. The Labute approximate surface area is 222 Å². The second-order valence-electron chi connectivity index (χ2n) is 9.51. The molecule has 4 aromatic rings. The van der Waals surface area contributed by atoms with Crippen LogP contribution in [0.1, 0.15) is 37.7 Å². The van der Waals surface area contributed by atoms with Crippen molar-refractivity contribution < 1.29 is 4.79 Å². The van der Waals surface area contributed by atoms with Gasteiger partial charge in [-0.2, -0.15) is 0 Å². The molecule has 0 saturated carbocycles. The van der Waals surface area contributed by atoms with Crippen LogP contribution in [-0.4, -0.2) is 40.0 Å². The number of likely N-dealkylation sites (tertiary alicyclic amines) is 1. The largest absolute Gasteiger partial charge is 0.326 e.